The summed E-state index contributed by atoms with van der Waals surface area (Å²) in [5.41, 5.74) is -0.150. The normalized spacial score (nSPS) is 29.2. The summed E-state index contributed by atoms with van der Waals surface area (Å²) in [4.78, 5) is 14.6. The predicted octanol–water partition coefficient (Wildman–Crippen LogP) is 0.587. The Balaban J connectivity index is 1.80. The maximum Gasteiger partial charge on any atom is 0.226 e. The van der Waals surface area contributed by atoms with Gasteiger partial charge in [0.15, 0.2) is 0 Å². The lowest BCUT2D eigenvalue weighted by molar-refractivity contribution is -0.131. The van der Waals surface area contributed by atoms with Crippen LogP contribution in [0.1, 0.15) is 32.6 Å². The minimum atomic E-state index is -0.150. The van der Waals surface area contributed by atoms with Crippen molar-refractivity contribution in [1.29, 1.82) is 0 Å². The summed E-state index contributed by atoms with van der Waals surface area (Å²) in [5.74, 6) is 0.249. The van der Waals surface area contributed by atoms with Crippen molar-refractivity contribution in [2.45, 2.75) is 38.6 Å². The molecule has 2 rings (SSSR count). The molecule has 2 N–H and O–H groups in total. The quantitative estimate of drug-likeness (QED) is 0.757. The van der Waals surface area contributed by atoms with E-state index < -0.39 is 0 Å². The average molecular weight is 239 g/mol. The van der Waals surface area contributed by atoms with E-state index in [1.807, 2.05) is 0 Å². The Morgan fingerprint density at radius 2 is 2.18 bits per heavy atom. The lowest BCUT2D eigenvalue weighted by Crippen LogP contribution is -2.48. The van der Waals surface area contributed by atoms with Crippen molar-refractivity contribution in [3.05, 3.63) is 0 Å². The molecule has 0 bridgehead atoms. The number of amides is 1. The third-order valence-electron chi connectivity index (χ3n) is 4.43. The average Bonchev–Trinajstić information content (AvgIpc) is 2.73. The second-order valence-electron chi connectivity index (χ2n) is 5.80. The zero-order valence-corrected chi connectivity index (χ0v) is 11.1. The van der Waals surface area contributed by atoms with Crippen LogP contribution in [0, 0.1) is 5.41 Å². The maximum atomic E-state index is 12.2. The van der Waals surface area contributed by atoms with E-state index in [0.717, 1.165) is 32.5 Å². The molecule has 4 nitrogen and oxygen atoms in total. The van der Waals surface area contributed by atoms with Gasteiger partial charge in [-0.1, -0.05) is 6.92 Å². The van der Waals surface area contributed by atoms with Gasteiger partial charge in [-0.15, -0.1) is 0 Å². The van der Waals surface area contributed by atoms with Crippen molar-refractivity contribution in [3.8, 4) is 0 Å². The molecule has 1 unspecified atom stereocenters. The molecular formula is C13H25N3O. The summed E-state index contributed by atoms with van der Waals surface area (Å²) in [5, 5.41) is 6.47. The molecule has 98 valence electrons. The largest absolute Gasteiger partial charge is 0.354 e. The van der Waals surface area contributed by atoms with E-state index in [-0.39, 0.29) is 11.3 Å². The Hall–Kier alpha value is -0.610. The molecule has 2 aliphatic heterocycles. The number of likely N-dealkylation sites (N-methyl/N-ethyl adjacent to an activating group) is 1. The van der Waals surface area contributed by atoms with Crippen LogP contribution < -0.4 is 10.6 Å². The minimum Gasteiger partial charge on any atom is -0.354 e. The van der Waals surface area contributed by atoms with Gasteiger partial charge in [-0.25, -0.2) is 0 Å². The van der Waals surface area contributed by atoms with Gasteiger partial charge < -0.3 is 15.5 Å². The molecule has 2 fully saturated rings. The van der Waals surface area contributed by atoms with Crippen LogP contribution in [-0.4, -0.2) is 50.1 Å². The number of nitrogens with one attached hydrogen (secondary N) is 2. The SMILES string of the molecule is CN1CCCC1CNC(=O)C1(C)CCNCC1. The van der Waals surface area contributed by atoms with E-state index >= 15 is 0 Å². The zero-order chi connectivity index (χ0) is 12.3. The number of likely N-dealkylation sites (tertiary alicyclic amines) is 1. The first-order valence-electron chi connectivity index (χ1n) is 6.81. The highest BCUT2D eigenvalue weighted by atomic mass is 16.2. The molecule has 0 spiro atoms. The lowest BCUT2D eigenvalue weighted by atomic mass is 9.80. The molecule has 0 radical (unpaired) electrons. The molecule has 0 saturated carbocycles. The monoisotopic (exact) mass is 239 g/mol. The highest BCUT2D eigenvalue weighted by Crippen LogP contribution is 2.28. The number of carbonyl (C=O) groups is 1. The highest BCUT2D eigenvalue weighted by Gasteiger charge is 2.34. The van der Waals surface area contributed by atoms with Crippen molar-refractivity contribution >= 4 is 5.91 Å². The van der Waals surface area contributed by atoms with E-state index in [1.165, 1.54) is 19.4 Å². The minimum absolute atomic E-state index is 0.150. The predicted molar refractivity (Wildman–Crippen MR) is 68.9 cm³/mol. The van der Waals surface area contributed by atoms with Gasteiger partial charge in [0, 0.05) is 18.0 Å². The number of rotatable bonds is 3. The van der Waals surface area contributed by atoms with Crippen LogP contribution in [-0.2, 0) is 4.79 Å². The first-order valence-corrected chi connectivity index (χ1v) is 6.81. The Morgan fingerprint density at radius 3 is 2.76 bits per heavy atom. The van der Waals surface area contributed by atoms with Gasteiger partial charge in [0.2, 0.25) is 5.91 Å². The summed E-state index contributed by atoms with van der Waals surface area (Å²) in [6, 6.07) is 0.546. The van der Waals surface area contributed by atoms with Crippen molar-refractivity contribution in [2.24, 2.45) is 5.41 Å². The topological polar surface area (TPSA) is 44.4 Å². The van der Waals surface area contributed by atoms with Crippen LogP contribution in [0.15, 0.2) is 0 Å². The van der Waals surface area contributed by atoms with Crippen LogP contribution in [0.2, 0.25) is 0 Å². The second-order valence-corrected chi connectivity index (χ2v) is 5.80. The Kier molecular flexibility index (Phi) is 4.05. The fraction of sp³-hybridized carbons (Fsp3) is 0.923. The van der Waals surface area contributed by atoms with Gasteiger partial charge in [0.25, 0.3) is 0 Å². The van der Waals surface area contributed by atoms with Crippen LogP contribution in [0.5, 0.6) is 0 Å². The second kappa shape index (κ2) is 5.36. The molecule has 17 heavy (non-hydrogen) atoms. The van der Waals surface area contributed by atoms with E-state index in [4.69, 9.17) is 0 Å². The van der Waals surface area contributed by atoms with Gasteiger partial charge in [-0.2, -0.15) is 0 Å². The number of piperidine rings is 1. The van der Waals surface area contributed by atoms with Gasteiger partial charge in [-0.05, 0) is 52.4 Å². The summed E-state index contributed by atoms with van der Waals surface area (Å²) in [7, 11) is 2.15. The zero-order valence-electron chi connectivity index (χ0n) is 11.1. The van der Waals surface area contributed by atoms with Gasteiger partial charge in [0.1, 0.15) is 0 Å². The van der Waals surface area contributed by atoms with Crippen LogP contribution >= 0.6 is 0 Å². The van der Waals surface area contributed by atoms with Crippen LogP contribution in [0.3, 0.4) is 0 Å². The van der Waals surface area contributed by atoms with Crippen molar-refractivity contribution in [1.82, 2.24) is 15.5 Å². The number of hydrogen-bond donors (Lipinski definition) is 2. The molecule has 2 heterocycles. The third kappa shape index (κ3) is 2.99. The first kappa shape index (κ1) is 12.8. The molecule has 2 saturated heterocycles. The molecular weight excluding hydrogens is 214 g/mol. The Labute approximate surface area is 104 Å². The molecule has 0 aromatic rings. The summed E-state index contributed by atoms with van der Waals surface area (Å²) in [6.07, 6.45) is 4.39. The Morgan fingerprint density at radius 1 is 1.47 bits per heavy atom. The number of carbonyl (C=O) groups excluding carboxylic acids is 1. The highest BCUT2D eigenvalue weighted by molar-refractivity contribution is 5.82. The fourth-order valence-electron chi connectivity index (χ4n) is 2.87. The summed E-state index contributed by atoms with van der Waals surface area (Å²) < 4.78 is 0. The van der Waals surface area contributed by atoms with E-state index in [1.54, 1.807) is 0 Å². The van der Waals surface area contributed by atoms with Gasteiger partial charge in [-0.3, -0.25) is 4.79 Å². The van der Waals surface area contributed by atoms with Gasteiger partial charge >= 0.3 is 0 Å². The fourth-order valence-corrected chi connectivity index (χ4v) is 2.87. The molecule has 2 aliphatic rings. The lowest BCUT2D eigenvalue weighted by Gasteiger charge is -2.33. The molecule has 4 heteroatoms. The summed E-state index contributed by atoms with van der Waals surface area (Å²) in [6.45, 7) is 6.02. The smallest absolute Gasteiger partial charge is 0.226 e. The number of nitrogens with zero attached hydrogens (tertiary/aromatic N) is 1. The van der Waals surface area contributed by atoms with Crippen molar-refractivity contribution < 1.29 is 4.79 Å². The molecule has 0 aromatic carbocycles. The maximum absolute atomic E-state index is 12.2. The third-order valence-corrected chi connectivity index (χ3v) is 4.43. The van der Waals surface area contributed by atoms with Crippen molar-refractivity contribution in [2.75, 3.05) is 33.2 Å². The Bertz CT molecular complexity index is 274. The standard InChI is InChI=1S/C13H25N3O/c1-13(5-7-14-8-6-13)12(17)15-10-11-4-3-9-16(11)2/h11,14H,3-10H2,1-2H3,(H,15,17). The van der Waals surface area contributed by atoms with E-state index in [9.17, 15) is 4.79 Å². The molecule has 1 amide bonds. The van der Waals surface area contributed by atoms with Crippen molar-refractivity contribution in [3.63, 3.8) is 0 Å². The molecule has 1 atom stereocenters. The first-order chi connectivity index (χ1) is 8.12. The summed E-state index contributed by atoms with van der Waals surface area (Å²) >= 11 is 0. The number of hydrogen-bond acceptors (Lipinski definition) is 3. The molecule has 0 aromatic heterocycles. The molecule has 0 aliphatic carbocycles. The van der Waals surface area contributed by atoms with Crippen LogP contribution in [0.25, 0.3) is 0 Å². The van der Waals surface area contributed by atoms with E-state index in [0.29, 0.717) is 6.04 Å². The van der Waals surface area contributed by atoms with Gasteiger partial charge in [0.05, 0.1) is 0 Å². The van der Waals surface area contributed by atoms with Crippen LogP contribution in [0.4, 0.5) is 0 Å². The van der Waals surface area contributed by atoms with E-state index in [2.05, 4.69) is 29.5 Å².